The van der Waals surface area contributed by atoms with Gasteiger partial charge in [0.25, 0.3) is 5.91 Å². The molecule has 0 bridgehead atoms. The minimum absolute atomic E-state index is 0.249. The zero-order valence-corrected chi connectivity index (χ0v) is 13.3. The fraction of sp³-hybridized carbons (Fsp3) is 0.467. The average molecular weight is 314 g/mol. The molecule has 0 spiro atoms. The number of hydrogen-bond donors (Lipinski definition) is 2. The predicted octanol–water partition coefficient (Wildman–Crippen LogP) is 2.64. The summed E-state index contributed by atoms with van der Waals surface area (Å²) in [7, 11) is 0. The van der Waals surface area contributed by atoms with Crippen LogP contribution in [0.3, 0.4) is 0 Å². The third-order valence-corrected chi connectivity index (χ3v) is 3.34. The second-order valence-electron chi connectivity index (χ2n) is 5.90. The van der Waals surface area contributed by atoms with Gasteiger partial charge in [-0.25, -0.2) is 4.79 Å². The van der Waals surface area contributed by atoms with Gasteiger partial charge in [-0.1, -0.05) is 32.4 Å². The highest BCUT2D eigenvalue weighted by atomic mass is 35.5. The van der Waals surface area contributed by atoms with Gasteiger partial charge in [-0.15, -0.1) is 0 Å². The maximum atomic E-state index is 11.8. The van der Waals surface area contributed by atoms with Crippen molar-refractivity contribution in [2.75, 3.05) is 6.61 Å². The first-order valence-corrected chi connectivity index (χ1v) is 6.90. The normalized spacial score (nSPS) is 12.6. The van der Waals surface area contributed by atoms with E-state index in [0.29, 0.717) is 10.8 Å². The molecule has 0 aliphatic rings. The van der Waals surface area contributed by atoms with Crippen molar-refractivity contribution in [3.8, 4) is 5.75 Å². The third kappa shape index (κ3) is 5.27. The number of hydrogen-bond acceptors (Lipinski definition) is 3. The highest BCUT2D eigenvalue weighted by molar-refractivity contribution is 6.31. The summed E-state index contributed by atoms with van der Waals surface area (Å²) in [5.41, 5.74) is 0.255. The summed E-state index contributed by atoms with van der Waals surface area (Å²) in [6.07, 6.45) is 0. The van der Waals surface area contributed by atoms with Gasteiger partial charge in [0.05, 0.1) is 0 Å². The molecule has 1 rings (SSSR count). The molecule has 0 saturated heterocycles. The molecule has 116 valence electrons. The number of rotatable bonds is 5. The van der Waals surface area contributed by atoms with Crippen LogP contribution in [-0.2, 0) is 9.59 Å². The van der Waals surface area contributed by atoms with E-state index in [4.69, 9.17) is 21.4 Å². The van der Waals surface area contributed by atoms with Crippen LogP contribution in [0.25, 0.3) is 0 Å². The monoisotopic (exact) mass is 313 g/mol. The Kier molecular flexibility index (Phi) is 5.61. The smallest absolute Gasteiger partial charge is 0.326 e. The van der Waals surface area contributed by atoms with Gasteiger partial charge >= 0.3 is 5.97 Å². The van der Waals surface area contributed by atoms with E-state index in [2.05, 4.69) is 5.32 Å². The number of ether oxygens (including phenoxy) is 1. The first kappa shape index (κ1) is 17.3. The van der Waals surface area contributed by atoms with Gasteiger partial charge in [0, 0.05) is 5.02 Å². The van der Waals surface area contributed by atoms with E-state index in [1.165, 1.54) is 0 Å². The van der Waals surface area contributed by atoms with Crippen LogP contribution in [0.15, 0.2) is 18.2 Å². The van der Waals surface area contributed by atoms with Crippen molar-refractivity contribution in [1.29, 1.82) is 0 Å². The summed E-state index contributed by atoms with van der Waals surface area (Å²) in [5, 5.41) is 12.2. The number of aliphatic carboxylic acids is 1. The van der Waals surface area contributed by atoms with E-state index in [9.17, 15) is 9.59 Å². The number of benzene rings is 1. The lowest BCUT2D eigenvalue weighted by molar-refractivity contribution is -0.145. The van der Waals surface area contributed by atoms with Gasteiger partial charge in [0.1, 0.15) is 11.8 Å². The standard InChI is InChI=1S/C15H20ClNO4/c1-9-7-10(5-6-11(9)16)21-8-12(18)17-13(14(19)20)15(2,3)4/h5-7,13H,8H2,1-4H3,(H,17,18)(H,19,20). The van der Waals surface area contributed by atoms with Gasteiger partial charge in [0.2, 0.25) is 0 Å². The Hall–Kier alpha value is -1.75. The Morgan fingerprint density at radius 2 is 2.00 bits per heavy atom. The average Bonchev–Trinajstić information content (AvgIpc) is 2.35. The summed E-state index contributed by atoms with van der Waals surface area (Å²) in [6, 6.07) is 4.08. The SMILES string of the molecule is Cc1cc(OCC(=O)NC(C(=O)O)C(C)(C)C)ccc1Cl. The van der Waals surface area contributed by atoms with Gasteiger partial charge in [-0.05, 0) is 36.1 Å². The molecule has 1 atom stereocenters. The molecule has 0 aliphatic heterocycles. The van der Waals surface area contributed by atoms with E-state index in [0.717, 1.165) is 5.56 Å². The first-order chi connectivity index (χ1) is 9.61. The van der Waals surface area contributed by atoms with Gasteiger partial charge < -0.3 is 15.2 Å². The van der Waals surface area contributed by atoms with Crippen molar-refractivity contribution in [3.63, 3.8) is 0 Å². The largest absolute Gasteiger partial charge is 0.484 e. The zero-order valence-electron chi connectivity index (χ0n) is 12.6. The van der Waals surface area contributed by atoms with Crippen molar-refractivity contribution < 1.29 is 19.4 Å². The summed E-state index contributed by atoms with van der Waals surface area (Å²) >= 11 is 5.90. The second kappa shape index (κ2) is 6.80. The fourth-order valence-corrected chi connectivity index (χ4v) is 1.82. The lowest BCUT2D eigenvalue weighted by Gasteiger charge is -2.27. The zero-order chi connectivity index (χ0) is 16.2. The molecule has 1 unspecified atom stereocenters. The highest BCUT2D eigenvalue weighted by Crippen LogP contribution is 2.21. The predicted molar refractivity (Wildman–Crippen MR) is 80.7 cm³/mol. The molecule has 5 nitrogen and oxygen atoms in total. The summed E-state index contributed by atoms with van der Waals surface area (Å²) in [6.45, 7) is 6.82. The molecule has 0 saturated carbocycles. The molecule has 1 aromatic rings. The third-order valence-electron chi connectivity index (χ3n) is 2.92. The van der Waals surface area contributed by atoms with Crippen LogP contribution >= 0.6 is 11.6 Å². The molecule has 21 heavy (non-hydrogen) atoms. The fourth-order valence-electron chi connectivity index (χ4n) is 1.71. The second-order valence-corrected chi connectivity index (χ2v) is 6.31. The van der Waals surface area contributed by atoms with Crippen molar-refractivity contribution in [1.82, 2.24) is 5.32 Å². The molecule has 0 fully saturated rings. The van der Waals surface area contributed by atoms with Crippen molar-refractivity contribution in [2.45, 2.75) is 33.7 Å². The number of aryl methyl sites for hydroxylation is 1. The van der Waals surface area contributed by atoms with E-state index < -0.39 is 23.3 Å². The molecule has 1 aromatic carbocycles. The van der Waals surface area contributed by atoms with E-state index >= 15 is 0 Å². The Labute approximate surface area is 129 Å². The molecular weight excluding hydrogens is 294 g/mol. The Morgan fingerprint density at radius 3 is 2.48 bits per heavy atom. The topological polar surface area (TPSA) is 75.6 Å². The Balaban J connectivity index is 2.61. The number of halogens is 1. The van der Waals surface area contributed by atoms with Gasteiger partial charge in [-0.3, -0.25) is 4.79 Å². The van der Waals surface area contributed by atoms with E-state index in [1.807, 2.05) is 6.92 Å². The Bertz CT molecular complexity index is 537. The number of carbonyl (C=O) groups excluding carboxylic acids is 1. The van der Waals surface area contributed by atoms with E-state index in [1.54, 1.807) is 39.0 Å². The number of carboxylic acids is 1. The van der Waals surface area contributed by atoms with Crippen LogP contribution in [0.2, 0.25) is 5.02 Å². The molecule has 0 aromatic heterocycles. The summed E-state index contributed by atoms with van der Waals surface area (Å²) in [5.74, 6) is -1.04. The van der Waals surface area contributed by atoms with Crippen LogP contribution in [0, 0.1) is 12.3 Å². The molecular formula is C15H20ClNO4. The van der Waals surface area contributed by atoms with Crippen LogP contribution < -0.4 is 10.1 Å². The maximum Gasteiger partial charge on any atom is 0.326 e. The maximum absolute atomic E-state index is 11.8. The van der Waals surface area contributed by atoms with Crippen LogP contribution in [-0.4, -0.2) is 29.6 Å². The van der Waals surface area contributed by atoms with Crippen LogP contribution in [0.1, 0.15) is 26.3 Å². The summed E-state index contributed by atoms with van der Waals surface area (Å²) in [4.78, 5) is 23.0. The molecule has 2 N–H and O–H groups in total. The van der Waals surface area contributed by atoms with Crippen molar-refractivity contribution >= 4 is 23.5 Å². The van der Waals surface area contributed by atoms with Gasteiger partial charge in [-0.2, -0.15) is 0 Å². The number of amides is 1. The number of nitrogens with one attached hydrogen (secondary N) is 1. The lowest BCUT2D eigenvalue weighted by Crippen LogP contribution is -2.50. The Morgan fingerprint density at radius 1 is 1.38 bits per heavy atom. The molecule has 1 amide bonds. The highest BCUT2D eigenvalue weighted by Gasteiger charge is 2.32. The van der Waals surface area contributed by atoms with Crippen LogP contribution in [0.5, 0.6) is 5.75 Å². The lowest BCUT2D eigenvalue weighted by atomic mass is 9.87. The van der Waals surface area contributed by atoms with Crippen LogP contribution in [0.4, 0.5) is 0 Å². The first-order valence-electron chi connectivity index (χ1n) is 6.52. The number of carbonyl (C=O) groups is 2. The molecule has 6 heteroatoms. The molecule has 0 radical (unpaired) electrons. The minimum atomic E-state index is -1.07. The quantitative estimate of drug-likeness (QED) is 0.876. The minimum Gasteiger partial charge on any atom is -0.484 e. The molecule has 0 heterocycles. The van der Waals surface area contributed by atoms with E-state index in [-0.39, 0.29) is 6.61 Å². The van der Waals surface area contributed by atoms with Crippen molar-refractivity contribution in [3.05, 3.63) is 28.8 Å². The molecule has 0 aliphatic carbocycles. The van der Waals surface area contributed by atoms with Gasteiger partial charge in [0.15, 0.2) is 6.61 Å². The number of carboxylic acid groups (broad SMARTS) is 1. The summed E-state index contributed by atoms with van der Waals surface area (Å²) < 4.78 is 5.33. The van der Waals surface area contributed by atoms with Crippen molar-refractivity contribution in [2.24, 2.45) is 5.41 Å².